The molecule has 0 unspecified atom stereocenters. The van der Waals surface area contributed by atoms with Gasteiger partial charge in [0.25, 0.3) is 0 Å². The second-order valence-corrected chi connectivity index (χ2v) is 6.17. The Morgan fingerprint density at radius 1 is 1.11 bits per heavy atom. The summed E-state index contributed by atoms with van der Waals surface area (Å²) < 4.78 is 0. The van der Waals surface area contributed by atoms with E-state index in [1.165, 1.54) is 0 Å². The first kappa shape index (κ1) is 16.7. The monoisotopic (exact) mass is 358 g/mol. The minimum atomic E-state index is -0.310. The number of benzene rings is 1. The van der Waals surface area contributed by atoms with Crippen molar-refractivity contribution in [3.8, 4) is 11.3 Å². The van der Waals surface area contributed by atoms with Crippen molar-refractivity contribution in [2.45, 2.75) is 13.5 Å². The number of amides is 2. The predicted octanol–water partition coefficient (Wildman–Crippen LogP) is 3.65. The molecule has 0 saturated heterocycles. The number of rotatable bonds is 4. The standard InChI is InChI=1S/C20H18N6O/c1-13-9-15(7-8-21-13)19-16-12-22-18(10-17(16)25-26-19)24-20(27)23-11-14-5-3-2-4-6-14/h2-10,12H,11H2,1H3,(H,25,26)(H2,22,23,24,27). The third-order valence-electron chi connectivity index (χ3n) is 4.15. The maximum absolute atomic E-state index is 12.1. The van der Waals surface area contributed by atoms with Crippen LogP contribution >= 0.6 is 0 Å². The highest BCUT2D eigenvalue weighted by atomic mass is 16.2. The zero-order valence-corrected chi connectivity index (χ0v) is 14.7. The fourth-order valence-electron chi connectivity index (χ4n) is 2.83. The Kier molecular flexibility index (Phi) is 4.49. The summed E-state index contributed by atoms with van der Waals surface area (Å²) in [6.07, 6.45) is 3.46. The number of H-pyrrole nitrogens is 1. The lowest BCUT2D eigenvalue weighted by molar-refractivity contribution is 0.251. The summed E-state index contributed by atoms with van der Waals surface area (Å²) in [5.74, 6) is 0.453. The van der Waals surface area contributed by atoms with E-state index in [1.807, 2.05) is 49.4 Å². The molecule has 0 saturated carbocycles. The Morgan fingerprint density at radius 2 is 1.96 bits per heavy atom. The average molecular weight is 358 g/mol. The zero-order chi connectivity index (χ0) is 18.6. The molecule has 7 nitrogen and oxygen atoms in total. The maximum Gasteiger partial charge on any atom is 0.320 e. The topological polar surface area (TPSA) is 95.6 Å². The molecule has 3 heterocycles. The van der Waals surface area contributed by atoms with Crippen LogP contribution in [0.4, 0.5) is 10.6 Å². The molecular weight excluding hydrogens is 340 g/mol. The smallest absolute Gasteiger partial charge is 0.320 e. The summed E-state index contributed by atoms with van der Waals surface area (Å²) in [4.78, 5) is 20.6. The number of urea groups is 1. The second-order valence-electron chi connectivity index (χ2n) is 6.17. The summed E-state index contributed by atoms with van der Waals surface area (Å²) in [6.45, 7) is 2.39. The van der Waals surface area contributed by atoms with Gasteiger partial charge in [-0.2, -0.15) is 5.10 Å². The van der Waals surface area contributed by atoms with Gasteiger partial charge in [0.2, 0.25) is 0 Å². The minimum absolute atomic E-state index is 0.310. The molecule has 4 rings (SSSR count). The molecule has 0 spiro atoms. The van der Waals surface area contributed by atoms with Crippen molar-refractivity contribution in [1.82, 2.24) is 25.5 Å². The Labute approximate surface area is 155 Å². The van der Waals surface area contributed by atoms with Crippen LogP contribution in [-0.4, -0.2) is 26.2 Å². The molecule has 0 fully saturated rings. The normalized spacial score (nSPS) is 10.7. The third-order valence-corrected chi connectivity index (χ3v) is 4.15. The molecular formula is C20H18N6O. The molecule has 7 heteroatoms. The maximum atomic E-state index is 12.1. The van der Waals surface area contributed by atoms with E-state index in [1.54, 1.807) is 18.5 Å². The van der Waals surface area contributed by atoms with Gasteiger partial charge >= 0.3 is 6.03 Å². The van der Waals surface area contributed by atoms with E-state index < -0.39 is 0 Å². The molecule has 0 aliphatic carbocycles. The summed E-state index contributed by atoms with van der Waals surface area (Å²) in [5, 5.41) is 13.8. The SMILES string of the molecule is Cc1cc(-c2n[nH]c3cc(NC(=O)NCc4ccccc4)ncc23)ccn1. The summed E-state index contributed by atoms with van der Waals surface area (Å²) in [7, 11) is 0. The van der Waals surface area contributed by atoms with E-state index in [2.05, 4.69) is 30.8 Å². The number of pyridine rings is 2. The highest BCUT2D eigenvalue weighted by Gasteiger charge is 2.11. The van der Waals surface area contributed by atoms with Gasteiger partial charge in [0.05, 0.1) is 5.52 Å². The van der Waals surface area contributed by atoms with E-state index >= 15 is 0 Å². The van der Waals surface area contributed by atoms with Crippen molar-refractivity contribution >= 4 is 22.8 Å². The van der Waals surface area contributed by atoms with E-state index in [-0.39, 0.29) is 6.03 Å². The molecule has 0 radical (unpaired) electrons. The van der Waals surface area contributed by atoms with Crippen molar-refractivity contribution in [3.05, 3.63) is 72.2 Å². The molecule has 2 amide bonds. The Balaban J connectivity index is 1.48. The molecule has 1 aromatic carbocycles. The zero-order valence-electron chi connectivity index (χ0n) is 14.7. The second kappa shape index (κ2) is 7.25. The first-order valence-electron chi connectivity index (χ1n) is 8.55. The number of anilines is 1. The molecule has 134 valence electrons. The van der Waals surface area contributed by atoms with Crippen molar-refractivity contribution in [2.24, 2.45) is 0 Å². The predicted molar refractivity (Wildman–Crippen MR) is 104 cm³/mol. The number of aromatic amines is 1. The fourth-order valence-corrected chi connectivity index (χ4v) is 2.83. The van der Waals surface area contributed by atoms with Crippen LogP contribution in [0.5, 0.6) is 0 Å². The highest BCUT2D eigenvalue weighted by Crippen LogP contribution is 2.26. The summed E-state index contributed by atoms with van der Waals surface area (Å²) in [5.41, 5.74) is 4.53. The van der Waals surface area contributed by atoms with Crippen molar-refractivity contribution < 1.29 is 4.79 Å². The molecule has 0 bridgehead atoms. The van der Waals surface area contributed by atoms with E-state index in [0.29, 0.717) is 12.4 Å². The number of fused-ring (bicyclic) bond motifs is 1. The number of carbonyl (C=O) groups excluding carboxylic acids is 1. The molecule has 3 aromatic heterocycles. The van der Waals surface area contributed by atoms with Crippen molar-refractivity contribution in [3.63, 3.8) is 0 Å². The molecule has 0 atom stereocenters. The Bertz CT molecular complexity index is 1090. The number of hydrogen-bond donors (Lipinski definition) is 3. The quantitative estimate of drug-likeness (QED) is 0.519. The number of aryl methyl sites for hydroxylation is 1. The van der Waals surface area contributed by atoms with Crippen LogP contribution in [0, 0.1) is 6.92 Å². The lowest BCUT2D eigenvalue weighted by Gasteiger charge is -2.07. The molecule has 27 heavy (non-hydrogen) atoms. The Hall–Kier alpha value is -3.74. The number of carbonyl (C=O) groups is 1. The van der Waals surface area contributed by atoms with Crippen LogP contribution in [0.1, 0.15) is 11.3 Å². The van der Waals surface area contributed by atoms with Crippen LogP contribution in [0.3, 0.4) is 0 Å². The van der Waals surface area contributed by atoms with E-state index in [9.17, 15) is 4.79 Å². The first-order chi connectivity index (χ1) is 13.2. The van der Waals surface area contributed by atoms with Crippen LogP contribution in [0.2, 0.25) is 0 Å². The average Bonchev–Trinajstić information content (AvgIpc) is 3.10. The van der Waals surface area contributed by atoms with E-state index in [4.69, 9.17) is 0 Å². The van der Waals surface area contributed by atoms with Gasteiger partial charge in [-0.25, -0.2) is 9.78 Å². The lowest BCUT2D eigenvalue weighted by atomic mass is 10.1. The van der Waals surface area contributed by atoms with Crippen LogP contribution in [0.25, 0.3) is 22.2 Å². The van der Waals surface area contributed by atoms with E-state index in [0.717, 1.165) is 33.4 Å². The number of nitrogens with one attached hydrogen (secondary N) is 3. The largest absolute Gasteiger partial charge is 0.334 e. The fraction of sp³-hybridized carbons (Fsp3) is 0.100. The molecule has 3 N–H and O–H groups in total. The van der Waals surface area contributed by atoms with Gasteiger partial charge in [0.15, 0.2) is 0 Å². The summed E-state index contributed by atoms with van der Waals surface area (Å²) in [6, 6.07) is 15.1. The van der Waals surface area contributed by atoms with Crippen molar-refractivity contribution in [2.75, 3.05) is 5.32 Å². The lowest BCUT2D eigenvalue weighted by Crippen LogP contribution is -2.28. The van der Waals surface area contributed by atoms with Gasteiger partial charge in [-0.3, -0.25) is 15.4 Å². The Morgan fingerprint density at radius 3 is 2.78 bits per heavy atom. The highest BCUT2D eigenvalue weighted by molar-refractivity contribution is 5.95. The van der Waals surface area contributed by atoms with Gasteiger partial charge in [-0.05, 0) is 24.6 Å². The first-order valence-corrected chi connectivity index (χ1v) is 8.55. The number of aromatic nitrogens is 4. The minimum Gasteiger partial charge on any atom is -0.334 e. The van der Waals surface area contributed by atoms with Crippen LogP contribution in [0.15, 0.2) is 60.9 Å². The van der Waals surface area contributed by atoms with Crippen molar-refractivity contribution in [1.29, 1.82) is 0 Å². The van der Waals surface area contributed by atoms with Crippen LogP contribution < -0.4 is 10.6 Å². The van der Waals surface area contributed by atoms with Gasteiger partial charge in [0.1, 0.15) is 11.5 Å². The number of nitrogens with zero attached hydrogens (tertiary/aromatic N) is 3. The van der Waals surface area contributed by atoms with Crippen LogP contribution in [-0.2, 0) is 6.54 Å². The molecule has 4 aromatic rings. The number of hydrogen-bond acceptors (Lipinski definition) is 4. The summed E-state index contributed by atoms with van der Waals surface area (Å²) >= 11 is 0. The van der Waals surface area contributed by atoms with Gasteiger partial charge in [-0.15, -0.1) is 0 Å². The van der Waals surface area contributed by atoms with Gasteiger partial charge < -0.3 is 5.32 Å². The molecule has 0 aliphatic heterocycles. The van der Waals surface area contributed by atoms with Gasteiger partial charge in [-0.1, -0.05) is 30.3 Å². The van der Waals surface area contributed by atoms with Gasteiger partial charge in [0, 0.05) is 41.6 Å². The third kappa shape index (κ3) is 3.77. The molecule has 0 aliphatic rings.